The number of amides is 2. The number of hydrogen-bond acceptors (Lipinski definition) is 3. The Balaban J connectivity index is 2.04. The number of carbonyl (C=O) groups excluding carboxylic acids is 2. The van der Waals surface area contributed by atoms with Crippen LogP contribution in [0.15, 0.2) is 24.3 Å². The van der Waals surface area contributed by atoms with Gasteiger partial charge in [0.05, 0.1) is 11.4 Å². The van der Waals surface area contributed by atoms with E-state index in [-0.39, 0.29) is 24.2 Å². The van der Waals surface area contributed by atoms with Crippen LogP contribution in [0.4, 0.5) is 11.4 Å². The van der Waals surface area contributed by atoms with Crippen LogP contribution < -0.4 is 16.4 Å². The SMILES string of the molecule is NCCC(=O)Nc1ccccc1NC(=O)C1CC1. The predicted octanol–water partition coefficient (Wildman–Crippen LogP) is 1.32. The van der Waals surface area contributed by atoms with Crippen LogP contribution in [-0.4, -0.2) is 18.4 Å². The molecule has 0 aliphatic heterocycles. The maximum Gasteiger partial charge on any atom is 0.227 e. The van der Waals surface area contributed by atoms with E-state index in [4.69, 9.17) is 5.73 Å². The Morgan fingerprint density at radius 3 is 2.33 bits per heavy atom. The van der Waals surface area contributed by atoms with Gasteiger partial charge in [-0.25, -0.2) is 0 Å². The minimum atomic E-state index is -0.148. The summed E-state index contributed by atoms with van der Waals surface area (Å²) in [6, 6.07) is 7.17. The Kier molecular flexibility index (Phi) is 3.94. The average molecular weight is 247 g/mol. The summed E-state index contributed by atoms with van der Waals surface area (Å²) >= 11 is 0. The maximum absolute atomic E-state index is 11.7. The highest BCUT2D eigenvalue weighted by atomic mass is 16.2. The van der Waals surface area contributed by atoms with Gasteiger partial charge in [0.1, 0.15) is 0 Å². The smallest absolute Gasteiger partial charge is 0.227 e. The number of nitrogens with one attached hydrogen (secondary N) is 2. The van der Waals surface area contributed by atoms with Gasteiger partial charge >= 0.3 is 0 Å². The lowest BCUT2D eigenvalue weighted by atomic mass is 10.2. The lowest BCUT2D eigenvalue weighted by Crippen LogP contribution is -2.19. The van der Waals surface area contributed by atoms with Gasteiger partial charge in [0.2, 0.25) is 11.8 Å². The van der Waals surface area contributed by atoms with Gasteiger partial charge < -0.3 is 16.4 Å². The van der Waals surface area contributed by atoms with Crippen molar-refractivity contribution in [1.82, 2.24) is 0 Å². The third-order valence-electron chi connectivity index (χ3n) is 2.78. The van der Waals surface area contributed by atoms with Crippen LogP contribution >= 0.6 is 0 Å². The van der Waals surface area contributed by atoms with Crippen molar-refractivity contribution < 1.29 is 9.59 Å². The maximum atomic E-state index is 11.7. The van der Waals surface area contributed by atoms with Crippen LogP contribution in [-0.2, 0) is 9.59 Å². The highest BCUT2D eigenvalue weighted by Crippen LogP contribution is 2.31. The van der Waals surface area contributed by atoms with Gasteiger partial charge in [0.15, 0.2) is 0 Å². The first-order valence-electron chi connectivity index (χ1n) is 6.10. The van der Waals surface area contributed by atoms with E-state index in [2.05, 4.69) is 10.6 Å². The average Bonchev–Trinajstić information content (AvgIpc) is 3.16. The number of nitrogens with two attached hydrogens (primary N) is 1. The number of benzene rings is 1. The Morgan fingerprint density at radius 1 is 1.17 bits per heavy atom. The van der Waals surface area contributed by atoms with E-state index < -0.39 is 0 Å². The molecule has 2 amide bonds. The van der Waals surface area contributed by atoms with Crippen molar-refractivity contribution >= 4 is 23.2 Å². The summed E-state index contributed by atoms with van der Waals surface area (Å²) in [5.74, 6) is 0.0129. The number of rotatable bonds is 5. The molecule has 18 heavy (non-hydrogen) atoms. The Bertz CT molecular complexity index is 455. The second kappa shape index (κ2) is 5.64. The van der Waals surface area contributed by atoms with E-state index in [0.717, 1.165) is 12.8 Å². The summed E-state index contributed by atoms with van der Waals surface area (Å²) in [6.07, 6.45) is 2.17. The lowest BCUT2D eigenvalue weighted by molar-refractivity contribution is -0.117. The third kappa shape index (κ3) is 3.30. The first-order valence-corrected chi connectivity index (χ1v) is 6.10. The molecule has 0 bridgehead atoms. The molecule has 1 aliphatic rings. The van der Waals surface area contributed by atoms with E-state index in [1.807, 2.05) is 12.1 Å². The zero-order valence-corrected chi connectivity index (χ0v) is 10.1. The normalized spacial score (nSPS) is 14.1. The summed E-state index contributed by atoms with van der Waals surface area (Å²) in [4.78, 5) is 23.2. The van der Waals surface area contributed by atoms with Crippen molar-refractivity contribution in [3.63, 3.8) is 0 Å². The Labute approximate surface area is 106 Å². The molecular weight excluding hydrogens is 230 g/mol. The second-order valence-electron chi connectivity index (χ2n) is 4.40. The summed E-state index contributed by atoms with van der Waals surface area (Å²) in [7, 11) is 0. The molecule has 0 aromatic heterocycles. The number of para-hydroxylation sites is 2. The molecule has 0 unspecified atom stereocenters. The lowest BCUT2D eigenvalue weighted by Gasteiger charge is -2.11. The van der Waals surface area contributed by atoms with Crippen LogP contribution in [0, 0.1) is 5.92 Å². The van der Waals surface area contributed by atoms with Crippen LogP contribution in [0.25, 0.3) is 0 Å². The molecule has 5 heteroatoms. The van der Waals surface area contributed by atoms with Gasteiger partial charge in [-0.1, -0.05) is 12.1 Å². The molecule has 96 valence electrons. The summed E-state index contributed by atoms with van der Waals surface area (Å²) in [5.41, 5.74) is 6.57. The second-order valence-corrected chi connectivity index (χ2v) is 4.40. The number of carbonyl (C=O) groups is 2. The molecule has 0 atom stereocenters. The van der Waals surface area contributed by atoms with Crippen LogP contribution in [0.1, 0.15) is 19.3 Å². The van der Waals surface area contributed by atoms with Gasteiger partial charge in [-0.3, -0.25) is 9.59 Å². The van der Waals surface area contributed by atoms with Gasteiger partial charge in [-0.15, -0.1) is 0 Å². The molecule has 1 aromatic carbocycles. The summed E-state index contributed by atoms with van der Waals surface area (Å²) in [5, 5.41) is 5.58. The zero-order valence-electron chi connectivity index (χ0n) is 10.1. The first kappa shape index (κ1) is 12.6. The summed E-state index contributed by atoms with van der Waals surface area (Å²) < 4.78 is 0. The highest BCUT2D eigenvalue weighted by molar-refractivity contribution is 6.00. The quantitative estimate of drug-likeness (QED) is 0.733. The molecule has 0 radical (unpaired) electrons. The van der Waals surface area contributed by atoms with Crippen molar-refractivity contribution in [2.24, 2.45) is 11.7 Å². The number of anilines is 2. The minimum Gasteiger partial charge on any atom is -0.330 e. The molecule has 2 rings (SSSR count). The van der Waals surface area contributed by atoms with E-state index in [1.54, 1.807) is 12.1 Å². The Morgan fingerprint density at radius 2 is 1.78 bits per heavy atom. The molecule has 1 fully saturated rings. The molecule has 0 spiro atoms. The minimum absolute atomic E-state index is 0.0236. The van der Waals surface area contributed by atoms with Crippen molar-refractivity contribution in [2.45, 2.75) is 19.3 Å². The van der Waals surface area contributed by atoms with E-state index in [0.29, 0.717) is 17.9 Å². The topological polar surface area (TPSA) is 84.2 Å². The third-order valence-corrected chi connectivity index (χ3v) is 2.78. The highest BCUT2D eigenvalue weighted by Gasteiger charge is 2.29. The van der Waals surface area contributed by atoms with Crippen LogP contribution in [0.5, 0.6) is 0 Å². The fourth-order valence-electron chi connectivity index (χ4n) is 1.63. The molecule has 1 saturated carbocycles. The standard InChI is InChI=1S/C13H17N3O2/c14-8-7-12(17)15-10-3-1-2-4-11(10)16-13(18)9-5-6-9/h1-4,9H,5-8,14H2,(H,15,17)(H,16,18). The fraction of sp³-hybridized carbons (Fsp3) is 0.385. The van der Waals surface area contributed by atoms with E-state index in [9.17, 15) is 9.59 Å². The monoisotopic (exact) mass is 247 g/mol. The van der Waals surface area contributed by atoms with Crippen molar-refractivity contribution in [3.8, 4) is 0 Å². The molecule has 1 aliphatic carbocycles. The first-order chi connectivity index (χ1) is 8.70. The molecule has 4 N–H and O–H groups in total. The van der Waals surface area contributed by atoms with Gasteiger partial charge in [-0.05, 0) is 25.0 Å². The predicted molar refractivity (Wildman–Crippen MR) is 70.1 cm³/mol. The van der Waals surface area contributed by atoms with Crippen molar-refractivity contribution in [1.29, 1.82) is 0 Å². The summed E-state index contributed by atoms with van der Waals surface area (Å²) in [6.45, 7) is 0.308. The van der Waals surface area contributed by atoms with Crippen molar-refractivity contribution in [3.05, 3.63) is 24.3 Å². The van der Waals surface area contributed by atoms with Crippen molar-refractivity contribution in [2.75, 3.05) is 17.2 Å². The Hall–Kier alpha value is -1.88. The molecular formula is C13H17N3O2. The largest absolute Gasteiger partial charge is 0.330 e. The van der Waals surface area contributed by atoms with Gasteiger partial charge in [-0.2, -0.15) is 0 Å². The molecule has 1 aromatic rings. The van der Waals surface area contributed by atoms with E-state index >= 15 is 0 Å². The van der Waals surface area contributed by atoms with Crippen LogP contribution in [0.2, 0.25) is 0 Å². The molecule has 0 saturated heterocycles. The van der Waals surface area contributed by atoms with E-state index in [1.165, 1.54) is 0 Å². The van der Waals surface area contributed by atoms with Gasteiger partial charge in [0.25, 0.3) is 0 Å². The molecule has 0 heterocycles. The zero-order chi connectivity index (χ0) is 13.0. The number of hydrogen-bond donors (Lipinski definition) is 3. The van der Waals surface area contributed by atoms with Gasteiger partial charge in [0, 0.05) is 18.9 Å². The fourth-order valence-corrected chi connectivity index (χ4v) is 1.63. The molecule has 5 nitrogen and oxygen atoms in total. The van der Waals surface area contributed by atoms with Crippen LogP contribution in [0.3, 0.4) is 0 Å².